The predicted molar refractivity (Wildman–Crippen MR) is 88.8 cm³/mol. The molecule has 1 fully saturated rings. The van der Waals surface area contributed by atoms with E-state index in [-0.39, 0.29) is 4.99 Å². The van der Waals surface area contributed by atoms with E-state index < -0.39 is 10.0 Å². The van der Waals surface area contributed by atoms with Gasteiger partial charge in [0.25, 0.3) is 0 Å². The number of rotatable bonds is 5. The lowest BCUT2D eigenvalue weighted by Crippen LogP contribution is -2.31. The normalized spacial score (nSPS) is 16.5. The van der Waals surface area contributed by atoms with Crippen molar-refractivity contribution in [2.75, 3.05) is 13.6 Å². The second-order valence-corrected chi connectivity index (χ2v) is 8.23. The number of sulfonamides is 1. The Morgan fingerprint density at radius 3 is 2.52 bits per heavy atom. The third-order valence-electron chi connectivity index (χ3n) is 4.14. The van der Waals surface area contributed by atoms with Crippen molar-refractivity contribution in [3.63, 3.8) is 0 Å². The van der Waals surface area contributed by atoms with Crippen molar-refractivity contribution in [3.05, 3.63) is 29.3 Å². The van der Waals surface area contributed by atoms with Gasteiger partial charge in [-0.2, -0.15) is 0 Å². The van der Waals surface area contributed by atoms with Gasteiger partial charge in [0.1, 0.15) is 4.99 Å². The van der Waals surface area contributed by atoms with Crippen LogP contribution < -0.4 is 5.73 Å². The summed E-state index contributed by atoms with van der Waals surface area (Å²) in [6, 6.07) is 5.01. The quantitative estimate of drug-likeness (QED) is 0.844. The van der Waals surface area contributed by atoms with E-state index in [2.05, 4.69) is 0 Å². The molecule has 4 nitrogen and oxygen atoms in total. The summed E-state index contributed by atoms with van der Waals surface area (Å²) in [5, 5.41) is 0. The fraction of sp³-hybridized carbons (Fsp3) is 0.533. The lowest BCUT2D eigenvalue weighted by molar-refractivity contribution is 0.387. The van der Waals surface area contributed by atoms with Crippen molar-refractivity contribution < 1.29 is 8.42 Å². The van der Waals surface area contributed by atoms with Crippen LogP contribution in [0.15, 0.2) is 23.1 Å². The molecule has 0 spiro atoms. The van der Waals surface area contributed by atoms with Crippen LogP contribution in [0.2, 0.25) is 0 Å². The van der Waals surface area contributed by atoms with Gasteiger partial charge in [-0.1, -0.05) is 31.1 Å². The van der Waals surface area contributed by atoms with Crippen LogP contribution in [0.1, 0.15) is 36.8 Å². The van der Waals surface area contributed by atoms with E-state index in [1.54, 1.807) is 32.2 Å². The van der Waals surface area contributed by atoms with E-state index in [0.29, 0.717) is 28.5 Å². The van der Waals surface area contributed by atoms with Crippen molar-refractivity contribution in [2.24, 2.45) is 11.7 Å². The van der Waals surface area contributed by atoms with Gasteiger partial charge in [-0.3, -0.25) is 0 Å². The third kappa shape index (κ3) is 3.62. The fourth-order valence-corrected chi connectivity index (χ4v) is 4.49. The zero-order chi connectivity index (χ0) is 15.6. The Labute approximate surface area is 132 Å². The molecule has 1 aliphatic rings. The van der Waals surface area contributed by atoms with Gasteiger partial charge in [-0.15, -0.1) is 0 Å². The number of aryl methyl sites for hydroxylation is 1. The van der Waals surface area contributed by atoms with Crippen molar-refractivity contribution in [1.82, 2.24) is 4.31 Å². The molecule has 0 aliphatic heterocycles. The van der Waals surface area contributed by atoms with E-state index in [1.165, 1.54) is 17.1 Å². The molecule has 0 heterocycles. The summed E-state index contributed by atoms with van der Waals surface area (Å²) in [6.45, 7) is 2.37. The molecule has 21 heavy (non-hydrogen) atoms. The Balaban J connectivity index is 2.23. The number of benzene rings is 1. The van der Waals surface area contributed by atoms with E-state index in [9.17, 15) is 8.42 Å². The van der Waals surface area contributed by atoms with Crippen molar-refractivity contribution in [2.45, 2.75) is 37.5 Å². The van der Waals surface area contributed by atoms with Crippen LogP contribution in [-0.4, -0.2) is 31.3 Å². The van der Waals surface area contributed by atoms with E-state index in [1.807, 2.05) is 0 Å². The molecule has 116 valence electrons. The number of hydrogen-bond acceptors (Lipinski definition) is 3. The SMILES string of the molecule is Cc1cc(C(N)=S)ccc1S(=O)(=O)N(C)CC1CCCC1. The fourth-order valence-electron chi connectivity index (χ4n) is 2.91. The molecule has 0 bridgehead atoms. The molecule has 0 unspecified atom stereocenters. The first kappa shape index (κ1) is 16.4. The number of nitrogens with two attached hydrogens (primary N) is 1. The average molecular weight is 326 g/mol. The third-order valence-corrected chi connectivity index (χ3v) is 6.36. The highest BCUT2D eigenvalue weighted by molar-refractivity contribution is 7.89. The molecule has 1 aromatic carbocycles. The summed E-state index contributed by atoms with van der Waals surface area (Å²) in [6.07, 6.45) is 4.67. The molecule has 1 aliphatic carbocycles. The molecule has 0 aromatic heterocycles. The van der Waals surface area contributed by atoms with Crippen LogP contribution in [-0.2, 0) is 10.0 Å². The molecule has 0 saturated heterocycles. The Bertz CT molecular complexity index is 635. The zero-order valence-electron chi connectivity index (χ0n) is 12.5. The largest absolute Gasteiger partial charge is 0.389 e. The molecular weight excluding hydrogens is 304 g/mol. The Morgan fingerprint density at radius 2 is 2.00 bits per heavy atom. The van der Waals surface area contributed by atoms with Gasteiger partial charge in [0.15, 0.2) is 0 Å². The summed E-state index contributed by atoms with van der Waals surface area (Å²) in [5.41, 5.74) is 6.96. The molecule has 2 N–H and O–H groups in total. The summed E-state index contributed by atoms with van der Waals surface area (Å²) in [5.74, 6) is 0.487. The summed E-state index contributed by atoms with van der Waals surface area (Å²) >= 11 is 4.92. The zero-order valence-corrected chi connectivity index (χ0v) is 14.1. The van der Waals surface area contributed by atoms with E-state index >= 15 is 0 Å². The Morgan fingerprint density at radius 1 is 1.38 bits per heavy atom. The van der Waals surface area contributed by atoms with E-state index in [4.69, 9.17) is 18.0 Å². The standard InChI is InChI=1S/C15H22N2O2S2/c1-11-9-13(15(16)20)7-8-14(11)21(18,19)17(2)10-12-5-3-4-6-12/h7-9,12H,3-6,10H2,1-2H3,(H2,16,20). The molecule has 2 rings (SSSR count). The highest BCUT2D eigenvalue weighted by atomic mass is 32.2. The molecule has 1 saturated carbocycles. The van der Waals surface area contributed by atoms with Crippen LogP contribution in [0.4, 0.5) is 0 Å². The summed E-state index contributed by atoms with van der Waals surface area (Å²) in [4.78, 5) is 0.615. The van der Waals surface area contributed by atoms with Crippen LogP contribution >= 0.6 is 12.2 Å². The molecule has 0 radical (unpaired) electrons. The Kier molecular flexibility index (Phi) is 5.01. The molecule has 1 aromatic rings. The first-order chi connectivity index (χ1) is 9.82. The van der Waals surface area contributed by atoms with Gasteiger partial charge in [0, 0.05) is 19.2 Å². The van der Waals surface area contributed by atoms with Crippen molar-refractivity contribution >= 4 is 27.2 Å². The van der Waals surface area contributed by atoms with Crippen LogP contribution in [0.3, 0.4) is 0 Å². The lowest BCUT2D eigenvalue weighted by Gasteiger charge is -2.22. The van der Waals surface area contributed by atoms with Gasteiger partial charge >= 0.3 is 0 Å². The molecular formula is C15H22N2O2S2. The average Bonchev–Trinajstić information content (AvgIpc) is 2.90. The maximum atomic E-state index is 12.7. The topological polar surface area (TPSA) is 63.4 Å². The number of hydrogen-bond donors (Lipinski definition) is 1. The minimum atomic E-state index is -3.45. The first-order valence-electron chi connectivity index (χ1n) is 7.19. The Hall–Kier alpha value is -0.980. The van der Waals surface area contributed by atoms with Gasteiger partial charge in [-0.05, 0) is 43.4 Å². The van der Waals surface area contributed by atoms with Gasteiger partial charge in [0.2, 0.25) is 10.0 Å². The van der Waals surface area contributed by atoms with Crippen molar-refractivity contribution in [3.8, 4) is 0 Å². The smallest absolute Gasteiger partial charge is 0.243 e. The molecule has 0 atom stereocenters. The molecule has 0 amide bonds. The van der Waals surface area contributed by atoms with Crippen LogP contribution in [0.25, 0.3) is 0 Å². The minimum Gasteiger partial charge on any atom is -0.389 e. The number of thiocarbonyl (C=S) groups is 1. The first-order valence-corrected chi connectivity index (χ1v) is 9.04. The maximum absolute atomic E-state index is 12.7. The summed E-state index contributed by atoms with van der Waals surface area (Å²) < 4.78 is 26.8. The monoisotopic (exact) mass is 326 g/mol. The van der Waals surface area contributed by atoms with Gasteiger partial charge in [0.05, 0.1) is 4.90 Å². The van der Waals surface area contributed by atoms with Crippen LogP contribution in [0.5, 0.6) is 0 Å². The molecule has 6 heteroatoms. The second kappa shape index (κ2) is 6.42. The van der Waals surface area contributed by atoms with Gasteiger partial charge < -0.3 is 5.73 Å². The highest BCUT2D eigenvalue weighted by Crippen LogP contribution is 2.28. The minimum absolute atomic E-state index is 0.279. The van der Waals surface area contributed by atoms with Gasteiger partial charge in [-0.25, -0.2) is 12.7 Å². The maximum Gasteiger partial charge on any atom is 0.243 e. The lowest BCUT2D eigenvalue weighted by atomic mass is 10.1. The number of nitrogens with zero attached hydrogens (tertiary/aromatic N) is 1. The second-order valence-electron chi connectivity index (χ2n) is 5.78. The summed E-state index contributed by atoms with van der Waals surface area (Å²) in [7, 11) is -1.79. The highest BCUT2D eigenvalue weighted by Gasteiger charge is 2.26. The van der Waals surface area contributed by atoms with E-state index in [0.717, 1.165) is 12.8 Å². The van der Waals surface area contributed by atoms with Crippen molar-refractivity contribution in [1.29, 1.82) is 0 Å². The van der Waals surface area contributed by atoms with Crippen LogP contribution in [0, 0.1) is 12.8 Å². The predicted octanol–water partition coefficient (Wildman–Crippen LogP) is 2.44.